The molecule has 0 amide bonds. The molecule has 4 nitrogen and oxygen atoms in total. The van der Waals surface area contributed by atoms with Gasteiger partial charge in [-0.05, 0) is 50.6 Å². The fraction of sp³-hybridized carbons (Fsp3) is 0.474. The molecule has 1 fully saturated rings. The molecule has 1 aromatic carbocycles. The van der Waals surface area contributed by atoms with Crippen molar-refractivity contribution in [3.8, 4) is 0 Å². The van der Waals surface area contributed by atoms with Crippen molar-refractivity contribution < 1.29 is 9.53 Å². The van der Waals surface area contributed by atoms with Crippen LogP contribution < -0.4 is 0 Å². The van der Waals surface area contributed by atoms with Gasteiger partial charge in [-0.25, -0.2) is 4.98 Å². The molecule has 0 radical (unpaired) electrons. The molecule has 2 heterocycles. The summed E-state index contributed by atoms with van der Waals surface area (Å²) in [6.45, 7) is 7.81. The standard InChI is InChI=1S/C19H23ClN2O2/c1-5-24-19(23)16-10-22(4)9-15(16)14-8-13-11(2)6-7-12(3)17(13)21-18(14)20/h6-8,15-16H,5,9-10H2,1-4H3/t15-,16+/m0/s1. The van der Waals surface area contributed by atoms with Gasteiger partial charge in [0.15, 0.2) is 0 Å². The summed E-state index contributed by atoms with van der Waals surface area (Å²) in [6, 6.07) is 6.27. The zero-order valence-electron chi connectivity index (χ0n) is 14.6. The second-order valence-corrected chi connectivity index (χ2v) is 7.01. The largest absolute Gasteiger partial charge is 0.466 e. The first-order valence-electron chi connectivity index (χ1n) is 8.34. The van der Waals surface area contributed by atoms with Crippen LogP contribution in [0.3, 0.4) is 0 Å². The molecule has 0 unspecified atom stereocenters. The summed E-state index contributed by atoms with van der Waals surface area (Å²) >= 11 is 6.52. The number of carbonyl (C=O) groups excluding carboxylic acids is 1. The van der Waals surface area contributed by atoms with E-state index in [4.69, 9.17) is 16.3 Å². The van der Waals surface area contributed by atoms with Crippen molar-refractivity contribution in [1.82, 2.24) is 9.88 Å². The Morgan fingerprint density at radius 3 is 2.75 bits per heavy atom. The maximum atomic E-state index is 12.4. The lowest BCUT2D eigenvalue weighted by molar-refractivity contribution is -0.147. The molecule has 2 aromatic rings. The first-order valence-corrected chi connectivity index (χ1v) is 8.71. The number of halogens is 1. The molecule has 0 saturated carbocycles. The summed E-state index contributed by atoms with van der Waals surface area (Å²) in [4.78, 5) is 19.1. The van der Waals surface area contributed by atoms with Crippen molar-refractivity contribution in [1.29, 1.82) is 0 Å². The van der Waals surface area contributed by atoms with Crippen LogP contribution in [0, 0.1) is 19.8 Å². The Morgan fingerprint density at radius 2 is 2.04 bits per heavy atom. The van der Waals surface area contributed by atoms with Gasteiger partial charge < -0.3 is 9.64 Å². The van der Waals surface area contributed by atoms with E-state index in [1.165, 1.54) is 5.56 Å². The van der Waals surface area contributed by atoms with Crippen molar-refractivity contribution >= 4 is 28.5 Å². The third-order valence-corrected chi connectivity index (χ3v) is 5.18. The first-order chi connectivity index (χ1) is 11.4. The fourth-order valence-corrected chi connectivity index (χ4v) is 3.87. The Hall–Kier alpha value is -1.65. The molecule has 5 heteroatoms. The molecular formula is C19H23ClN2O2. The van der Waals surface area contributed by atoms with E-state index in [2.05, 4.69) is 35.0 Å². The molecule has 0 N–H and O–H groups in total. The summed E-state index contributed by atoms with van der Waals surface area (Å²) in [5.41, 5.74) is 4.15. The first kappa shape index (κ1) is 17.2. The van der Waals surface area contributed by atoms with Gasteiger partial charge in [0.2, 0.25) is 0 Å². The number of hydrogen-bond donors (Lipinski definition) is 0. The van der Waals surface area contributed by atoms with E-state index in [9.17, 15) is 4.79 Å². The predicted octanol–water partition coefficient (Wildman–Crippen LogP) is 3.71. The van der Waals surface area contributed by atoms with Crippen molar-refractivity contribution in [3.05, 3.63) is 40.0 Å². The maximum absolute atomic E-state index is 12.4. The Morgan fingerprint density at radius 1 is 1.33 bits per heavy atom. The highest BCUT2D eigenvalue weighted by Crippen LogP contribution is 2.38. The van der Waals surface area contributed by atoms with Crippen LogP contribution in [-0.2, 0) is 9.53 Å². The number of rotatable bonds is 3. The van der Waals surface area contributed by atoms with Gasteiger partial charge in [-0.15, -0.1) is 0 Å². The van der Waals surface area contributed by atoms with Crippen molar-refractivity contribution in [3.63, 3.8) is 0 Å². The molecule has 1 aliphatic rings. The lowest BCUT2D eigenvalue weighted by Gasteiger charge is -2.19. The van der Waals surface area contributed by atoms with Crippen molar-refractivity contribution in [2.45, 2.75) is 26.7 Å². The third kappa shape index (κ3) is 3.01. The number of nitrogens with zero attached hydrogens (tertiary/aromatic N) is 2. The minimum Gasteiger partial charge on any atom is -0.466 e. The monoisotopic (exact) mass is 346 g/mol. The molecule has 2 atom stereocenters. The van der Waals surface area contributed by atoms with Crippen LogP contribution in [-0.4, -0.2) is 42.6 Å². The van der Waals surface area contributed by atoms with E-state index in [0.717, 1.165) is 28.6 Å². The highest BCUT2D eigenvalue weighted by atomic mass is 35.5. The van der Waals surface area contributed by atoms with Crippen LogP contribution in [0.5, 0.6) is 0 Å². The minimum absolute atomic E-state index is 0.0124. The van der Waals surface area contributed by atoms with E-state index < -0.39 is 0 Å². The predicted molar refractivity (Wildman–Crippen MR) is 96.6 cm³/mol. The normalized spacial score (nSPS) is 21.4. The van der Waals surface area contributed by atoms with Gasteiger partial charge in [0.05, 0.1) is 18.0 Å². The fourth-order valence-electron chi connectivity index (χ4n) is 3.59. The average Bonchev–Trinajstić information content (AvgIpc) is 2.93. The van der Waals surface area contributed by atoms with E-state index in [0.29, 0.717) is 18.3 Å². The second kappa shape index (κ2) is 6.69. The SMILES string of the molecule is CCOC(=O)[C@@H]1CN(C)C[C@H]1c1cc2c(C)ccc(C)c2nc1Cl. The molecule has 128 valence electrons. The zero-order chi connectivity index (χ0) is 17.4. The van der Waals surface area contributed by atoms with Crippen molar-refractivity contribution in [2.24, 2.45) is 5.92 Å². The Kier molecular flexibility index (Phi) is 4.79. The van der Waals surface area contributed by atoms with Gasteiger partial charge in [0.1, 0.15) is 5.15 Å². The Bertz CT molecular complexity index is 791. The topological polar surface area (TPSA) is 42.4 Å². The number of pyridine rings is 1. The molecular weight excluding hydrogens is 324 g/mol. The number of esters is 1. The highest BCUT2D eigenvalue weighted by molar-refractivity contribution is 6.30. The molecule has 0 bridgehead atoms. The molecule has 3 rings (SSSR count). The minimum atomic E-state index is -0.197. The van der Waals surface area contributed by atoms with Gasteiger partial charge in [-0.1, -0.05) is 23.7 Å². The summed E-state index contributed by atoms with van der Waals surface area (Å²) in [7, 11) is 2.02. The van der Waals surface area contributed by atoms with Gasteiger partial charge in [-0.3, -0.25) is 4.79 Å². The zero-order valence-corrected chi connectivity index (χ0v) is 15.4. The molecule has 0 spiro atoms. The van der Waals surface area contributed by atoms with Crippen LogP contribution >= 0.6 is 11.6 Å². The number of fused-ring (bicyclic) bond motifs is 1. The van der Waals surface area contributed by atoms with Crippen LogP contribution in [0.2, 0.25) is 5.15 Å². The van der Waals surface area contributed by atoms with Crippen LogP contribution in [0.15, 0.2) is 18.2 Å². The Balaban J connectivity index is 2.09. The average molecular weight is 347 g/mol. The number of ether oxygens (including phenoxy) is 1. The van der Waals surface area contributed by atoms with Crippen LogP contribution in [0.4, 0.5) is 0 Å². The lowest BCUT2D eigenvalue weighted by Crippen LogP contribution is -2.24. The number of hydrogen-bond acceptors (Lipinski definition) is 4. The summed E-state index contributed by atoms with van der Waals surface area (Å²) < 4.78 is 5.27. The van der Waals surface area contributed by atoms with E-state index >= 15 is 0 Å². The summed E-state index contributed by atoms with van der Waals surface area (Å²) in [5, 5.41) is 1.59. The summed E-state index contributed by atoms with van der Waals surface area (Å²) in [6.07, 6.45) is 0. The van der Waals surface area contributed by atoms with E-state index in [1.807, 2.05) is 20.9 Å². The van der Waals surface area contributed by atoms with E-state index in [1.54, 1.807) is 0 Å². The van der Waals surface area contributed by atoms with Gasteiger partial charge in [0, 0.05) is 24.4 Å². The van der Waals surface area contributed by atoms with Crippen LogP contribution in [0.1, 0.15) is 29.5 Å². The van der Waals surface area contributed by atoms with Crippen molar-refractivity contribution in [2.75, 3.05) is 26.7 Å². The quantitative estimate of drug-likeness (QED) is 0.627. The molecule has 1 saturated heterocycles. The number of likely N-dealkylation sites (N-methyl/N-ethyl adjacent to an activating group) is 1. The lowest BCUT2D eigenvalue weighted by atomic mass is 9.88. The van der Waals surface area contributed by atoms with Gasteiger partial charge in [-0.2, -0.15) is 0 Å². The molecule has 1 aliphatic heterocycles. The van der Waals surface area contributed by atoms with E-state index in [-0.39, 0.29) is 17.8 Å². The van der Waals surface area contributed by atoms with Gasteiger partial charge >= 0.3 is 5.97 Å². The number of carbonyl (C=O) groups is 1. The highest BCUT2D eigenvalue weighted by Gasteiger charge is 2.39. The molecule has 0 aliphatic carbocycles. The number of aromatic nitrogens is 1. The summed E-state index contributed by atoms with van der Waals surface area (Å²) in [5.74, 6) is -0.334. The molecule has 1 aromatic heterocycles. The Labute approximate surface area is 147 Å². The number of likely N-dealkylation sites (tertiary alicyclic amines) is 1. The third-order valence-electron chi connectivity index (χ3n) is 4.88. The maximum Gasteiger partial charge on any atom is 0.310 e. The number of aryl methyl sites for hydroxylation is 2. The van der Waals surface area contributed by atoms with Crippen LogP contribution in [0.25, 0.3) is 10.9 Å². The molecule has 24 heavy (non-hydrogen) atoms. The second-order valence-electron chi connectivity index (χ2n) is 6.65. The van der Waals surface area contributed by atoms with Gasteiger partial charge in [0.25, 0.3) is 0 Å². The number of benzene rings is 1. The smallest absolute Gasteiger partial charge is 0.310 e.